The first-order valence-corrected chi connectivity index (χ1v) is 12.4. The van der Waals surface area contributed by atoms with Crippen LogP contribution in [0.15, 0.2) is 77.7 Å². The molecule has 4 rings (SSSR count). The lowest BCUT2D eigenvalue weighted by molar-refractivity contribution is -0.122. The van der Waals surface area contributed by atoms with Gasteiger partial charge >= 0.3 is 0 Å². The van der Waals surface area contributed by atoms with Gasteiger partial charge in [-0.05, 0) is 66.4 Å². The van der Waals surface area contributed by atoms with Gasteiger partial charge in [-0.1, -0.05) is 72.5 Å². The minimum atomic E-state index is -0.0614. The number of benzene rings is 3. The Morgan fingerprint density at radius 3 is 2.32 bits per heavy atom. The van der Waals surface area contributed by atoms with Crippen LogP contribution in [0, 0.1) is 13.8 Å². The highest BCUT2D eigenvalue weighted by Crippen LogP contribution is 2.34. The smallest absolute Gasteiger partial charge is 0.266 e. The Morgan fingerprint density at radius 1 is 0.882 bits per heavy atom. The Morgan fingerprint density at radius 2 is 1.59 bits per heavy atom. The van der Waals surface area contributed by atoms with E-state index in [1.807, 2.05) is 72.8 Å². The molecule has 4 nitrogen and oxygen atoms in total. The van der Waals surface area contributed by atoms with E-state index in [4.69, 9.17) is 21.7 Å². The summed E-state index contributed by atoms with van der Waals surface area (Å²) in [6.45, 7) is 5.75. The lowest BCUT2D eigenvalue weighted by atomic mass is 10.1. The lowest BCUT2D eigenvalue weighted by Gasteiger charge is -2.14. The van der Waals surface area contributed by atoms with Gasteiger partial charge in [-0.2, -0.15) is 0 Å². The monoisotopic (exact) mass is 489 g/mol. The molecule has 174 valence electrons. The number of carbonyl (C=O) groups excluding carboxylic acids is 1. The second-order valence-corrected chi connectivity index (χ2v) is 9.88. The first kappa shape index (κ1) is 24.0. The van der Waals surface area contributed by atoms with Crippen molar-refractivity contribution in [1.82, 2.24) is 4.90 Å². The SMILES string of the molecule is Cc1cc(C)cc(OCCCOc2cccc(C=C3SC(=S)N(Cc4ccccc4)C3=O)c2)c1. The Balaban J connectivity index is 1.30. The number of thiocarbonyl (C=S) groups is 1. The molecular formula is C28H27NO3S2. The molecule has 1 aliphatic heterocycles. The standard InChI is InChI=1S/C28H27NO3S2/c1-20-14-21(2)16-25(15-20)32-13-7-12-31-24-11-6-10-23(17-24)18-26-27(30)29(28(33)34-26)19-22-8-4-3-5-9-22/h3-6,8-11,14-18H,7,12-13,19H2,1-2H3. The third-order valence-corrected chi connectivity index (χ3v) is 6.61. The van der Waals surface area contributed by atoms with Crippen molar-refractivity contribution < 1.29 is 14.3 Å². The second-order valence-electron chi connectivity index (χ2n) is 8.20. The van der Waals surface area contributed by atoms with E-state index >= 15 is 0 Å². The molecule has 0 bridgehead atoms. The first-order valence-electron chi connectivity index (χ1n) is 11.2. The zero-order valence-electron chi connectivity index (χ0n) is 19.3. The molecule has 0 unspecified atom stereocenters. The molecule has 0 N–H and O–H groups in total. The summed E-state index contributed by atoms with van der Waals surface area (Å²) >= 11 is 6.80. The van der Waals surface area contributed by atoms with Gasteiger partial charge in [0, 0.05) is 6.42 Å². The van der Waals surface area contributed by atoms with Crippen molar-refractivity contribution in [2.45, 2.75) is 26.8 Å². The molecule has 6 heteroatoms. The normalized spacial score (nSPS) is 14.6. The molecule has 0 spiro atoms. The summed E-state index contributed by atoms with van der Waals surface area (Å²) in [6.07, 6.45) is 2.65. The third-order valence-electron chi connectivity index (χ3n) is 5.23. The summed E-state index contributed by atoms with van der Waals surface area (Å²) in [5.41, 5.74) is 4.35. The van der Waals surface area contributed by atoms with E-state index in [0.717, 1.165) is 29.0 Å². The van der Waals surface area contributed by atoms with Gasteiger partial charge in [0.15, 0.2) is 0 Å². The molecule has 34 heavy (non-hydrogen) atoms. The minimum Gasteiger partial charge on any atom is -0.493 e. The van der Waals surface area contributed by atoms with Gasteiger partial charge in [0.2, 0.25) is 0 Å². The van der Waals surface area contributed by atoms with Crippen LogP contribution in [-0.4, -0.2) is 28.3 Å². The highest BCUT2D eigenvalue weighted by atomic mass is 32.2. The van der Waals surface area contributed by atoms with Crippen LogP contribution in [0.2, 0.25) is 0 Å². The van der Waals surface area contributed by atoms with E-state index in [1.165, 1.54) is 22.9 Å². The zero-order valence-corrected chi connectivity index (χ0v) is 21.0. The van der Waals surface area contributed by atoms with E-state index < -0.39 is 0 Å². The fourth-order valence-corrected chi connectivity index (χ4v) is 4.96. The average molecular weight is 490 g/mol. The van der Waals surface area contributed by atoms with Gasteiger partial charge < -0.3 is 9.47 Å². The molecule has 1 amide bonds. The number of thioether (sulfide) groups is 1. The number of amides is 1. The molecular weight excluding hydrogens is 462 g/mol. The molecule has 3 aromatic carbocycles. The quantitative estimate of drug-likeness (QED) is 0.194. The van der Waals surface area contributed by atoms with Crippen LogP contribution in [-0.2, 0) is 11.3 Å². The number of nitrogens with zero attached hydrogens (tertiary/aromatic N) is 1. The lowest BCUT2D eigenvalue weighted by Crippen LogP contribution is -2.27. The Hall–Kier alpha value is -3.09. The van der Waals surface area contributed by atoms with Crippen LogP contribution in [0.5, 0.6) is 11.5 Å². The predicted octanol–water partition coefficient (Wildman–Crippen LogP) is 6.55. The summed E-state index contributed by atoms with van der Waals surface area (Å²) in [7, 11) is 0. The van der Waals surface area contributed by atoms with Gasteiger partial charge in [0.05, 0.1) is 24.7 Å². The predicted molar refractivity (Wildman–Crippen MR) is 143 cm³/mol. The van der Waals surface area contributed by atoms with E-state index in [9.17, 15) is 4.79 Å². The summed E-state index contributed by atoms with van der Waals surface area (Å²) in [5, 5.41) is 0. The maximum atomic E-state index is 12.9. The van der Waals surface area contributed by atoms with Crippen molar-refractivity contribution in [3.63, 3.8) is 0 Å². The fraction of sp³-hybridized carbons (Fsp3) is 0.214. The maximum Gasteiger partial charge on any atom is 0.266 e. The van der Waals surface area contributed by atoms with E-state index in [2.05, 4.69) is 19.9 Å². The molecule has 1 saturated heterocycles. The molecule has 0 radical (unpaired) electrons. The van der Waals surface area contributed by atoms with Crippen LogP contribution < -0.4 is 9.47 Å². The second kappa shape index (κ2) is 11.4. The van der Waals surface area contributed by atoms with Crippen LogP contribution in [0.1, 0.15) is 28.7 Å². The number of ether oxygens (including phenoxy) is 2. The summed E-state index contributed by atoms with van der Waals surface area (Å²) in [4.78, 5) is 15.2. The van der Waals surface area contributed by atoms with Crippen LogP contribution in [0.25, 0.3) is 6.08 Å². The zero-order chi connectivity index (χ0) is 23.9. The Bertz CT molecular complexity index is 1190. The molecule has 1 aliphatic rings. The molecule has 0 aliphatic carbocycles. The van der Waals surface area contributed by atoms with Crippen molar-refractivity contribution in [3.8, 4) is 11.5 Å². The summed E-state index contributed by atoms with van der Waals surface area (Å²) in [5.74, 6) is 1.60. The first-order chi connectivity index (χ1) is 16.5. The molecule has 0 atom stereocenters. The number of hydrogen-bond donors (Lipinski definition) is 0. The largest absolute Gasteiger partial charge is 0.493 e. The van der Waals surface area contributed by atoms with Gasteiger partial charge in [0.1, 0.15) is 15.8 Å². The van der Waals surface area contributed by atoms with E-state index in [1.54, 1.807) is 4.90 Å². The van der Waals surface area contributed by atoms with Gasteiger partial charge in [0.25, 0.3) is 5.91 Å². The van der Waals surface area contributed by atoms with Crippen LogP contribution in [0.4, 0.5) is 0 Å². The van der Waals surface area contributed by atoms with Gasteiger partial charge in [-0.3, -0.25) is 9.69 Å². The molecule has 0 aromatic heterocycles. The highest BCUT2D eigenvalue weighted by Gasteiger charge is 2.31. The molecule has 1 fully saturated rings. The van der Waals surface area contributed by atoms with Crippen molar-refractivity contribution in [1.29, 1.82) is 0 Å². The summed E-state index contributed by atoms with van der Waals surface area (Å²) in [6, 6.07) is 23.8. The number of hydrogen-bond acceptors (Lipinski definition) is 5. The van der Waals surface area contributed by atoms with Crippen molar-refractivity contribution in [2.24, 2.45) is 0 Å². The van der Waals surface area contributed by atoms with Crippen molar-refractivity contribution >= 4 is 40.3 Å². The molecule has 1 heterocycles. The minimum absolute atomic E-state index is 0.0614. The van der Waals surface area contributed by atoms with Crippen molar-refractivity contribution in [3.05, 3.63) is 100.0 Å². The van der Waals surface area contributed by atoms with E-state index in [0.29, 0.717) is 29.0 Å². The van der Waals surface area contributed by atoms with Gasteiger partial charge in [-0.25, -0.2) is 0 Å². The highest BCUT2D eigenvalue weighted by molar-refractivity contribution is 8.26. The topological polar surface area (TPSA) is 38.8 Å². The molecule has 0 saturated carbocycles. The fourth-order valence-electron chi connectivity index (χ4n) is 3.70. The number of aryl methyl sites for hydroxylation is 2. The number of carbonyl (C=O) groups is 1. The molecule has 3 aromatic rings. The van der Waals surface area contributed by atoms with Crippen LogP contribution in [0.3, 0.4) is 0 Å². The summed E-state index contributed by atoms with van der Waals surface area (Å²) < 4.78 is 12.3. The average Bonchev–Trinajstić information content (AvgIpc) is 3.06. The maximum absolute atomic E-state index is 12.9. The Kier molecular flexibility index (Phi) is 8.03. The van der Waals surface area contributed by atoms with Crippen LogP contribution >= 0.6 is 24.0 Å². The van der Waals surface area contributed by atoms with Crippen molar-refractivity contribution in [2.75, 3.05) is 13.2 Å². The third kappa shape index (κ3) is 6.49. The van der Waals surface area contributed by atoms with E-state index in [-0.39, 0.29) is 5.91 Å². The number of rotatable bonds is 9. The Labute approximate surface area is 210 Å². The van der Waals surface area contributed by atoms with Gasteiger partial charge in [-0.15, -0.1) is 0 Å².